The lowest BCUT2D eigenvalue weighted by molar-refractivity contribution is -0.127. The van der Waals surface area contributed by atoms with Crippen molar-refractivity contribution in [1.82, 2.24) is 20.8 Å². The molecule has 2 N–H and O–H groups in total. The first kappa shape index (κ1) is 14.5. The third-order valence-electron chi connectivity index (χ3n) is 2.08. The van der Waals surface area contributed by atoms with Gasteiger partial charge in [0.05, 0.1) is 0 Å². The predicted molar refractivity (Wildman–Crippen MR) is 67.2 cm³/mol. The number of amides is 2. The monoisotopic (exact) mass is 272 g/mol. The summed E-state index contributed by atoms with van der Waals surface area (Å²) in [5.41, 5.74) is 0. The minimum atomic E-state index is -0.629. The Morgan fingerprint density at radius 2 is 2.22 bits per heavy atom. The van der Waals surface area contributed by atoms with Gasteiger partial charge in [-0.15, -0.1) is 0 Å². The molecule has 0 spiro atoms. The molecule has 18 heavy (non-hydrogen) atoms. The fourth-order valence-corrected chi connectivity index (χ4v) is 1.55. The van der Waals surface area contributed by atoms with Crippen LogP contribution in [0.1, 0.15) is 18.6 Å². The summed E-state index contributed by atoms with van der Waals surface area (Å²) in [5, 5.41) is 8.81. The van der Waals surface area contributed by atoms with E-state index in [1.54, 1.807) is 6.92 Å². The van der Waals surface area contributed by atoms with E-state index in [4.69, 9.17) is 4.52 Å². The molecule has 1 aromatic rings. The summed E-state index contributed by atoms with van der Waals surface area (Å²) in [6.07, 6.45) is 0.450. The lowest BCUT2D eigenvalue weighted by Gasteiger charge is -2.14. The average Bonchev–Trinajstić information content (AvgIpc) is 2.71. The number of rotatable bonds is 6. The van der Waals surface area contributed by atoms with Gasteiger partial charge >= 0.3 is 0 Å². The van der Waals surface area contributed by atoms with Crippen molar-refractivity contribution in [2.75, 3.05) is 12.3 Å². The number of aryl methyl sites for hydroxylation is 1. The smallest absolute Gasteiger partial charge is 0.243 e. The summed E-state index contributed by atoms with van der Waals surface area (Å²) in [6.45, 7) is 3.44. The standard InChI is InChI=1S/C10H16N4O3S/c1-6-12-9(17-14-6)3-4-11-10(16)8(5-18)13-7(2)15/h8,18H,3-5H2,1-2H3,(H,11,16)(H,13,15). The molecule has 1 atom stereocenters. The highest BCUT2D eigenvalue weighted by Gasteiger charge is 2.17. The van der Waals surface area contributed by atoms with Gasteiger partial charge in [0.15, 0.2) is 5.82 Å². The molecule has 0 radical (unpaired) electrons. The number of carbonyl (C=O) groups excluding carboxylic acids is 2. The van der Waals surface area contributed by atoms with Gasteiger partial charge in [-0.3, -0.25) is 9.59 Å². The van der Waals surface area contributed by atoms with Crippen LogP contribution in [0.3, 0.4) is 0 Å². The van der Waals surface area contributed by atoms with Crippen LogP contribution in [0.2, 0.25) is 0 Å². The van der Waals surface area contributed by atoms with Crippen molar-refractivity contribution in [3.63, 3.8) is 0 Å². The molecule has 0 bridgehead atoms. The summed E-state index contributed by atoms with van der Waals surface area (Å²) < 4.78 is 4.90. The highest BCUT2D eigenvalue weighted by molar-refractivity contribution is 7.80. The maximum absolute atomic E-state index is 11.7. The van der Waals surface area contributed by atoms with Gasteiger partial charge < -0.3 is 15.2 Å². The van der Waals surface area contributed by atoms with Gasteiger partial charge in [-0.25, -0.2) is 0 Å². The molecule has 1 unspecified atom stereocenters. The molecule has 1 rings (SSSR count). The van der Waals surface area contributed by atoms with Gasteiger partial charge in [0, 0.05) is 25.6 Å². The van der Waals surface area contributed by atoms with E-state index >= 15 is 0 Å². The Morgan fingerprint density at radius 1 is 1.50 bits per heavy atom. The number of nitrogens with one attached hydrogen (secondary N) is 2. The molecular formula is C10H16N4O3S. The second-order valence-corrected chi connectivity index (χ2v) is 4.08. The van der Waals surface area contributed by atoms with Crippen LogP contribution in [-0.4, -0.2) is 40.3 Å². The Labute approximate surface area is 110 Å². The molecule has 7 nitrogen and oxygen atoms in total. The van der Waals surface area contributed by atoms with Crippen LogP contribution in [0, 0.1) is 6.92 Å². The van der Waals surface area contributed by atoms with Crippen LogP contribution < -0.4 is 10.6 Å². The van der Waals surface area contributed by atoms with Crippen LogP contribution in [-0.2, 0) is 16.0 Å². The van der Waals surface area contributed by atoms with Crippen molar-refractivity contribution in [3.8, 4) is 0 Å². The van der Waals surface area contributed by atoms with Crippen LogP contribution in [0.5, 0.6) is 0 Å². The topological polar surface area (TPSA) is 97.1 Å². The molecular weight excluding hydrogens is 256 g/mol. The van der Waals surface area contributed by atoms with Crippen molar-refractivity contribution in [2.45, 2.75) is 26.3 Å². The Balaban J connectivity index is 2.33. The third kappa shape index (κ3) is 4.74. The number of hydrogen-bond donors (Lipinski definition) is 3. The van der Waals surface area contributed by atoms with E-state index in [0.29, 0.717) is 24.7 Å². The van der Waals surface area contributed by atoms with Gasteiger partial charge in [-0.2, -0.15) is 17.6 Å². The molecule has 8 heteroatoms. The molecule has 0 aromatic carbocycles. The Kier molecular flexibility index (Phi) is 5.63. The summed E-state index contributed by atoms with van der Waals surface area (Å²) in [5.74, 6) is 0.719. The normalized spacial score (nSPS) is 11.9. The second-order valence-electron chi connectivity index (χ2n) is 3.71. The van der Waals surface area contributed by atoms with Gasteiger partial charge in [-0.05, 0) is 6.92 Å². The van der Waals surface area contributed by atoms with Crippen LogP contribution in [0.4, 0.5) is 0 Å². The van der Waals surface area contributed by atoms with Gasteiger partial charge in [0.1, 0.15) is 6.04 Å². The van der Waals surface area contributed by atoms with E-state index in [1.165, 1.54) is 6.92 Å². The molecule has 1 aromatic heterocycles. The molecule has 0 saturated heterocycles. The minimum Gasteiger partial charge on any atom is -0.354 e. The van der Waals surface area contributed by atoms with Gasteiger partial charge in [-0.1, -0.05) is 5.16 Å². The molecule has 0 aliphatic rings. The first-order chi connectivity index (χ1) is 8.52. The van der Waals surface area contributed by atoms with E-state index < -0.39 is 6.04 Å². The van der Waals surface area contributed by atoms with Crippen LogP contribution in [0.25, 0.3) is 0 Å². The number of thiol groups is 1. The Bertz CT molecular complexity index is 421. The van der Waals surface area contributed by atoms with Crippen molar-refractivity contribution < 1.29 is 14.1 Å². The summed E-state index contributed by atoms with van der Waals surface area (Å²) in [6, 6.07) is -0.629. The highest BCUT2D eigenvalue weighted by Crippen LogP contribution is 1.96. The summed E-state index contributed by atoms with van der Waals surface area (Å²) in [4.78, 5) is 26.5. The fraction of sp³-hybridized carbons (Fsp3) is 0.600. The molecule has 1 heterocycles. The summed E-state index contributed by atoms with van der Waals surface area (Å²) in [7, 11) is 0. The highest BCUT2D eigenvalue weighted by atomic mass is 32.1. The van der Waals surface area contributed by atoms with E-state index in [-0.39, 0.29) is 17.6 Å². The van der Waals surface area contributed by atoms with E-state index in [0.717, 1.165) is 0 Å². The first-order valence-electron chi connectivity index (χ1n) is 5.47. The lowest BCUT2D eigenvalue weighted by atomic mass is 10.3. The van der Waals surface area contributed by atoms with E-state index in [1.807, 2.05) is 0 Å². The number of hydrogen-bond acceptors (Lipinski definition) is 6. The number of carbonyl (C=O) groups is 2. The van der Waals surface area contributed by atoms with E-state index in [2.05, 4.69) is 33.4 Å². The molecule has 0 saturated carbocycles. The Morgan fingerprint density at radius 3 is 2.72 bits per heavy atom. The van der Waals surface area contributed by atoms with Crippen LogP contribution in [0.15, 0.2) is 4.52 Å². The van der Waals surface area contributed by atoms with Crippen molar-refractivity contribution >= 4 is 24.4 Å². The molecule has 0 aliphatic carbocycles. The van der Waals surface area contributed by atoms with Gasteiger partial charge in [0.25, 0.3) is 0 Å². The van der Waals surface area contributed by atoms with Gasteiger partial charge in [0.2, 0.25) is 17.7 Å². The van der Waals surface area contributed by atoms with E-state index in [9.17, 15) is 9.59 Å². The molecule has 0 aliphatic heterocycles. The largest absolute Gasteiger partial charge is 0.354 e. The molecule has 0 fully saturated rings. The van der Waals surface area contributed by atoms with Crippen molar-refractivity contribution in [3.05, 3.63) is 11.7 Å². The predicted octanol–water partition coefficient (Wildman–Crippen LogP) is -0.529. The molecule has 2 amide bonds. The second kappa shape index (κ2) is 7.00. The SMILES string of the molecule is CC(=O)NC(CS)C(=O)NCCc1nc(C)no1. The maximum atomic E-state index is 11.7. The number of nitrogens with zero attached hydrogens (tertiary/aromatic N) is 2. The zero-order valence-electron chi connectivity index (χ0n) is 10.3. The lowest BCUT2D eigenvalue weighted by Crippen LogP contribution is -2.47. The quantitative estimate of drug-likeness (QED) is 0.605. The Hall–Kier alpha value is -1.57. The zero-order chi connectivity index (χ0) is 13.5. The van der Waals surface area contributed by atoms with Crippen molar-refractivity contribution in [1.29, 1.82) is 0 Å². The maximum Gasteiger partial charge on any atom is 0.243 e. The first-order valence-corrected chi connectivity index (χ1v) is 6.11. The molecule has 100 valence electrons. The fourth-order valence-electron chi connectivity index (χ4n) is 1.30. The average molecular weight is 272 g/mol. The summed E-state index contributed by atoms with van der Waals surface area (Å²) >= 11 is 4.01. The van der Waals surface area contributed by atoms with Crippen molar-refractivity contribution in [2.24, 2.45) is 0 Å². The minimum absolute atomic E-state index is 0.241. The number of aromatic nitrogens is 2. The zero-order valence-corrected chi connectivity index (χ0v) is 11.2. The van der Waals surface area contributed by atoms with Crippen LogP contribution >= 0.6 is 12.6 Å². The third-order valence-corrected chi connectivity index (χ3v) is 2.45.